The normalized spacial score (nSPS) is 10.1. The summed E-state index contributed by atoms with van der Waals surface area (Å²) in [5, 5.41) is 0. The third kappa shape index (κ3) is 2.26. The maximum absolute atomic E-state index is 4.21. The van der Waals surface area contributed by atoms with E-state index in [1.54, 1.807) is 0 Å². The molecule has 0 aromatic heterocycles. The van der Waals surface area contributed by atoms with Gasteiger partial charge in [-0.05, 0) is 37.1 Å². The van der Waals surface area contributed by atoms with Crippen LogP contribution in [-0.4, -0.2) is 5.75 Å². The lowest BCUT2D eigenvalue weighted by molar-refractivity contribution is 1.12. The highest BCUT2D eigenvalue weighted by Gasteiger charge is 1.95. The molecule has 0 aliphatic carbocycles. The minimum absolute atomic E-state index is 0.934. The summed E-state index contributed by atoms with van der Waals surface area (Å²) in [6, 6.07) is 6.57. The number of thiol groups is 1. The summed E-state index contributed by atoms with van der Waals surface area (Å²) in [4.78, 5) is 0. The molecule has 0 radical (unpaired) electrons. The van der Waals surface area contributed by atoms with E-state index in [9.17, 15) is 0 Å². The smallest absolute Gasteiger partial charge is 0.00573 e. The van der Waals surface area contributed by atoms with E-state index in [2.05, 4.69) is 44.7 Å². The third-order valence-corrected chi connectivity index (χ3v) is 2.10. The average molecular weight is 166 g/mol. The summed E-state index contributed by atoms with van der Waals surface area (Å²) in [5.41, 5.74) is 4.15. The van der Waals surface area contributed by atoms with Crippen LogP contribution in [0.1, 0.15) is 16.7 Å². The molecule has 1 aromatic rings. The standard InChI is InChI=1S/C10H14S/c1-8-3-4-10(5-6-11)9(2)7-8/h3-4,7,11H,5-6H2,1-2H3. The zero-order valence-electron chi connectivity index (χ0n) is 7.09. The Kier molecular flexibility index (Phi) is 3.01. The molecule has 1 aromatic carbocycles. The molecule has 0 nitrogen and oxygen atoms in total. The molecule has 1 rings (SSSR count). The lowest BCUT2D eigenvalue weighted by Gasteiger charge is -2.03. The summed E-state index contributed by atoms with van der Waals surface area (Å²) < 4.78 is 0. The number of hydrogen-bond acceptors (Lipinski definition) is 1. The van der Waals surface area contributed by atoms with Crippen LogP contribution in [0.2, 0.25) is 0 Å². The lowest BCUT2D eigenvalue weighted by Crippen LogP contribution is -1.90. The van der Waals surface area contributed by atoms with Gasteiger partial charge in [-0.2, -0.15) is 12.6 Å². The van der Waals surface area contributed by atoms with Gasteiger partial charge in [-0.1, -0.05) is 23.8 Å². The number of benzene rings is 1. The molecule has 0 aliphatic heterocycles. The van der Waals surface area contributed by atoms with Gasteiger partial charge in [0.05, 0.1) is 0 Å². The van der Waals surface area contributed by atoms with Crippen molar-refractivity contribution in [2.75, 3.05) is 5.75 Å². The van der Waals surface area contributed by atoms with Gasteiger partial charge in [-0.3, -0.25) is 0 Å². The fraction of sp³-hybridized carbons (Fsp3) is 0.400. The molecular formula is C10H14S. The zero-order valence-corrected chi connectivity index (χ0v) is 7.99. The molecule has 0 unspecified atom stereocenters. The van der Waals surface area contributed by atoms with Crippen molar-refractivity contribution in [1.82, 2.24) is 0 Å². The molecule has 0 atom stereocenters. The highest BCUT2D eigenvalue weighted by atomic mass is 32.1. The first-order valence-corrected chi connectivity index (χ1v) is 4.54. The van der Waals surface area contributed by atoms with Gasteiger partial charge < -0.3 is 0 Å². The van der Waals surface area contributed by atoms with Crippen LogP contribution in [0.15, 0.2) is 18.2 Å². The first-order chi connectivity index (χ1) is 5.24. The van der Waals surface area contributed by atoms with Crippen molar-refractivity contribution < 1.29 is 0 Å². The van der Waals surface area contributed by atoms with Crippen molar-refractivity contribution in [2.45, 2.75) is 20.3 Å². The topological polar surface area (TPSA) is 0 Å². The maximum atomic E-state index is 4.21. The average Bonchev–Trinajstić information content (AvgIpc) is 1.95. The largest absolute Gasteiger partial charge is 0.179 e. The SMILES string of the molecule is Cc1ccc(CCS)c(C)c1. The Morgan fingerprint density at radius 1 is 1.27 bits per heavy atom. The molecule has 0 heterocycles. The van der Waals surface area contributed by atoms with E-state index in [-0.39, 0.29) is 0 Å². The Morgan fingerprint density at radius 2 is 2.00 bits per heavy atom. The van der Waals surface area contributed by atoms with Crippen LogP contribution in [0.3, 0.4) is 0 Å². The van der Waals surface area contributed by atoms with Crippen molar-refractivity contribution >= 4 is 12.6 Å². The third-order valence-electron chi connectivity index (χ3n) is 1.88. The minimum atomic E-state index is 0.934. The molecule has 0 spiro atoms. The van der Waals surface area contributed by atoms with Crippen molar-refractivity contribution in [1.29, 1.82) is 0 Å². The molecular weight excluding hydrogens is 152 g/mol. The minimum Gasteiger partial charge on any atom is -0.179 e. The summed E-state index contributed by atoms with van der Waals surface area (Å²) >= 11 is 4.21. The fourth-order valence-electron chi connectivity index (χ4n) is 1.25. The van der Waals surface area contributed by atoms with Gasteiger partial charge >= 0.3 is 0 Å². The van der Waals surface area contributed by atoms with E-state index in [0.29, 0.717) is 0 Å². The van der Waals surface area contributed by atoms with Gasteiger partial charge in [0, 0.05) is 0 Å². The van der Waals surface area contributed by atoms with Gasteiger partial charge in [0.25, 0.3) is 0 Å². The van der Waals surface area contributed by atoms with Gasteiger partial charge in [0.15, 0.2) is 0 Å². The van der Waals surface area contributed by atoms with Crippen LogP contribution in [-0.2, 0) is 6.42 Å². The Morgan fingerprint density at radius 3 is 2.55 bits per heavy atom. The second-order valence-corrected chi connectivity index (χ2v) is 3.35. The Balaban J connectivity index is 2.90. The number of aryl methyl sites for hydroxylation is 3. The van der Waals surface area contributed by atoms with E-state index >= 15 is 0 Å². The van der Waals surface area contributed by atoms with Gasteiger partial charge in [-0.25, -0.2) is 0 Å². The molecule has 11 heavy (non-hydrogen) atoms. The van der Waals surface area contributed by atoms with Crippen LogP contribution >= 0.6 is 12.6 Å². The molecule has 0 saturated heterocycles. The quantitative estimate of drug-likeness (QED) is 0.642. The Hall–Kier alpha value is -0.430. The number of hydrogen-bond donors (Lipinski definition) is 1. The highest BCUT2D eigenvalue weighted by molar-refractivity contribution is 7.80. The fourth-order valence-corrected chi connectivity index (χ4v) is 1.49. The van der Waals surface area contributed by atoms with E-state index in [1.165, 1.54) is 16.7 Å². The summed E-state index contributed by atoms with van der Waals surface area (Å²) in [5.74, 6) is 0.934. The van der Waals surface area contributed by atoms with Crippen LogP contribution in [0, 0.1) is 13.8 Å². The van der Waals surface area contributed by atoms with E-state index in [1.807, 2.05) is 0 Å². The Labute approximate surface area is 74.0 Å². The van der Waals surface area contributed by atoms with E-state index < -0.39 is 0 Å². The molecule has 1 heteroatoms. The van der Waals surface area contributed by atoms with Crippen LogP contribution < -0.4 is 0 Å². The predicted octanol–water partition coefficient (Wildman–Crippen LogP) is 2.78. The van der Waals surface area contributed by atoms with Gasteiger partial charge in [-0.15, -0.1) is 0 Å². The molecule has 60 valence electrons. The first kappa shape index (κ1) is 8.66. The van der Waals surface area contributed by atoms with E-state index in [0.717, 1.165) is 12.2 Å². The summed E-state index contributed by atoms with van der Waals surface area (Å²) in [6.45, 7) is 4.28. The predicted molar refractivity (Wildman–Crippen MR) is 53.5 cm³/mol. The Bertz CT molecular complexity index is 241. The van der Waals surface area contributed by atoms with Crippen LogP contribution in [0.4, 0.5) is 0 Å². The van der Waals surface area contributed by atoms with Gasteiger partial charge in [0.2, 0.25) is 0 Å². The maximum Gasteiger partial charge on any atom is -0.00573 e. The van der Waals surface area contributed by atoms with Crippen molar-refractivity contribution in [3.63, 3.8) is 0 Å². The highest BCUT2D eigenvalue weighted by Crippen LogP contribution is 2.11. The molecule has 0 amide bonds. The number of rotatable bonds is 2. The molecule has 0 saturated carbocycles. The van der Waals surface area contributed by atoms with Crippen molar-refractivity contribution in [2.24, 2.45) is 0 Å². The van der Waals surface area contributed by atoms with Crippen molar-refractivity contribution in [3.05, 3.63) is 34.9 Å². The molecule has 0 fully saturated rings. The van der Waals surface area contributed by atoms with Crippen molar-refractivity contribution in [3.8, 4) is 0 Å². The first-order valence-electron chi connectivity index (χ1n) is 3.91. The van der Waals surface area contributed by atoms with E-state index in [4.69, 9.17) is 0 Å². The second kappa shape index (κ2) is 3.82. The summed E-state index contributed by atoms with van der Waals surface area (Å²) in [7, 11) is 0. The van der Waals surface area contributed by atoms with Crippen LogP contribution in [0.25, 0.3) is 0 Å². The monoisotopic (exact) mass is 166 g/mol. The lowest BCUT2D eigenvalue weighted by atomic mass is 10.0. The summed E-state index contributed by atoms with van der Waals surface area (Å²) in [6.07, 6.45) is 1.08. The molecule has 0 N–H and O–H groups in total. The second-order valence-electron chi connectivity index (χ2n) is 2.90. The van der Waals surface area contributed by atoms with Crippen LogP contribution in [0.5, 0.6) is 0 Å². The zero-order chi connectivity index (χ0) is 8.27. The molecule has 0 bridgehead atoms. The van der Waals surface area contributed by atoms with Gasteiger partial charge in [0.1, 0.15) is 0 Å². The molecule has 0 aliphatic rings.